The van der Waals surface area contributed by atoms with E-state index in [9.17, 15) is 4.79 Å². The van der Waals surface area contributed by atoms with Gasteiger partial charge in [0.05, 0.1) is 6.20 Å². The Hall–Kier alpha value is -1.49. The molecule has 1 aromatic rings. The molecule has 1 aliphatic rings. The van der Waals surface area contributed by atoms with Gasteiger partial charge in [0.2, 0.25) is 0 Å². The maximum Gasteiger partial charge on any atom is 0.274 e. The number of carbonyl (C=O) groups is 1. The molecule has 1 saturated heterocycles. The molecule has 0 saturated carbocycles. The second kappa shape index (κ2) is 5.72. The van der Waals surface area contributed by atoms with Gasteiger partial charge in [0.15, 0.2) is 0 Å². The molecule has 2 heterocycles. The van der Waals surface area contributed by atoms with Crippen LogP contribution in [0, 0.1) is 0 Å². The molecule has 5 heteroatoms. The Morgan fingerprint density at radius 2 is 2.35 bits per heavy atom. The third-order valence-corrected chi connectivity index (χ3v) is 3.17. The average molecular weight is 234 g/mol. The summed E-state index contributed by atoms with van der Waals surface area (Å²) in [6.45, 7) is 1.43. The fraction of sp³-hybridized carbons (Fsp3) is 0.583. The summed E-state index contributed by atoms with van der Waals surface area (Å²) in [5.74, 6) is -0.0174. The van der Waals surface area contributed by atoms with Gasteiger partial charge in [0.1, 0.15) is 5.69 Å². The van der Waals surface area contributed by atoms with Crippen molar-refractivity contribution in [1.82, 2.24) is 14.9 Å². The van der Waals surface area contributed by atoms with Crippen molar-refractivity contribution in [3.05, 3.63) is 24.3 Å². The highest BCUT2D eigenvalue weighted by molar-refractivity contribution is 5.92. The van der Waals surface area contributed by atoms with E-state index in [1.165, 1.54) is 12.6 Å². The number of nitrogens with two attached hydrogens (primary N) is 1. The maximum atomic E-state index is 12.3. The topological polar surface area (TPSA) is 72.1 Å². The standard InChI is InChI=1S/C12H18N4O/c13-5-4-10-3-1-2-8-16(10)12(17)11-9-14-6-7-15-11/h6-7,9-10H,1-5,8,13H2. The van der Waals surface area contributed by atoms with Crippen molar-refractivity contribution in [3.63, 3.8) is 0 Å². The second-order valence-corrected chi connectivity index (χ2v) is 4.32. The van der Waals surface area contributed by atoms with E-state index < -0.39 is 0 Å². The van der Waals surface area contributed by atoms with E-state index in [4.69, 9.17) is 5.73 Å². The number of likely N-dealkylation sites (tertiary alicyclic amines) is 1. The van der Waals surface area contributed by atoms with Crippen LogP contribution in [-0.2, 0) is 0 Å². The highest BCUT2D eigenvalue weighted by Crippen LogP contribution is 2.20. The van der Waals surface area contributed by atoms with Gasteiger partial charge >= 0.3 is 0 Å². The molecule has 5 nitrogen and oxygen atoms in total. The van der Waals surface area contributed by atoms with Gasteiger partial charge in [0.25, 0.3) is 5.91 Å². The first-order valence-corrected chi connectivity index (χ1v) is 6.10. The van der Waals surface area contributed by atoms with E-state index in [1.807, 2.05) is 4.90 Å². The van der Waals surface area contributed by atoms with E-state index in [0.29, 0.717) is 12.2 Å². The minimum absolute atomic E-state index is 0.0174. The first kappa shape index (κ1) is 12.0. The van der Waals surface area contributed by atoms with Gasteiger partial charge < -0.3 is 10.6 Å². The van der Waals surface area contributed by atoms with Gasteiger partial charge in [-0.3, -0.25) is 9.78 Å². The Labute approximate surface area is 101 Å². The summed E-state index contributed by atoms with van der Waals surface area (Å²) in [5, 5.41) is 0. The van der Waals surface area contributed by atoms with Crippen LogP contribution in [0.5, 0.6) is 0 Å². The van der Waals surface area contributed by atoms with Crippen LogP contribution in [0.4, 0.5) is 0 Å². The van der Waals surface area contributed by atoms with Gasteiger partial charge in [0, 0.05) is 25.0 Å². The Kier molecular flexibility index (Phi) is 4.03. The zero-order valence-corrected chi connectivity index (χ0v) is 9.88. The smallest absolute Gasteiger partial charge is 0.274 e. The SMILES string of the molecule is NCCC1CCCCN1C(=O)c1cnccn1. The lowest BCUT2D eigenvalue weighted by Crippen LogP contribution is -2.44. The lowest BCUT2D eigenvalue weighted by atomic mass is 9.99. The molecular formula is C12H18N4O. The molecule has 2 rings (SSSR count). The average Bonchev–Trinajstić information content (AvgIpc) is 2.40. The Balaban J connectivity index is 2.11. The molecule has 1 aromatic heterocycles. The zero-order chi connectivity index (χ0) is 12.1. The molecule has 0 aliphatic carbocycles. The van der Waals surface area contributed by atoms with Gasteiger partial charge in [-0.05, 0) is 32.2 Å². The van der Waals surface area contributed by atoms with Gasteiger partial charge in [-0.15, -0.1) is 0 Å². The van der Waals surface area contributed by atoms with Crippen molar-refractivity contribution >= 4 is 5.91 Å². The van der Waals surface area contributed by atoms with Crippen molar-refractivity contribution in [1.29, 1.82) is 0 Å². The van der Waals surface area contributed by atoms with Crippen LogP contribution in [0.15, 0.2) is 18.6 Å². The predicted octanol–water partition coefficient (Wildman–Crippen LogP) is 0.820. The summed E-state index contributed by atoms with van der Waals surface area (Å²) in [7, 11) is 0. The van der Waals surface area contributed by atoms with Gasteiger partial charge in [-0.25, -0.2) is 4.98 Å². The van der Waals surface area contributed by atoms with Crippen LogP contribution >= 0.6 is 0 Å². The van der Waals surface area contributed by atoms with Gasteiger partial charge in [-0.1, -0.05) is 0 Å². The van der Waals surface area contributed by atoms with Crippen LogP contribution in [0.3, 0.4) is 0 Å². The summed E-state index contributed by atoms with van der Waals surface area (Å²) in [6, 6.07) is 0.267. The minimum atomic E-state index is -0.0174. The number of rotatable bonds is 3. The summed E-state index contributed by atoms with van der Waals surface area (Å²) in [6.07, 6.45) is 8.80. The van der Waals surface area contributed by atoms with E-state index in [0.717, 1.165) is 25.8 Å². The third kappa shape index (κ3) is 2.79. The fourth-order valence-corrected chi connectivity index (χ4v) is 2.32. The van der Waals surface area contributed by atoms with E-state index >= 15 is 0 Å². The summed E-state index contributed by atoms with van der Waals surface area (Å²) >= 11 is 0. The monoisotopic (exact) mass is 234 g/mol. The van der Waals surface area contributed by atoms with Crippen LogP contribution in [0.2, 0.25) is 0 Å². The van der Waals surface area contributed by atoms with Crippen molar-refractivity contribution in [2.75, 3.05) is 13.1 Å². The molecule has 17 heavy (non-hydrogen) atoms. The van der Waals surface area contributed by atoms with E-state index in [2.05, 4.69) is 9.97 Å². The number of nitrogens with zero attached hydrogens (tertiary/aromatic N) is 3. The molecule has 1 atom stereocenters. The summed E-state index contributed by atoms with van der Waals surface area (Å²) in [5.41, 5.74) is 6.02. The number of hydrogen-bond donors (Lipinski definition) is 1. The predicted molar refractivity (Wildman–Crippen MR) is 64.4 cm³/mol. The summed E-state index contributed by atoms with van der Waals surface area (Å²) in [4.78, 5) is 22.2. The van der Waals surface area contributed by atoms with Crippen molar-refractivity contribution in [3.8, 4) is 0 Å². The normalized spacial score (nSPS) is 20.3. The molecule has 0 aromatic carbocycles. The number of aromatic nitrogens is 2. The molecule has 1 amide bonds. The number of amides is 1. The Bertz CT molecular complexity index is 366. The van der Waals surface area contributed by atoms with Gasteiger partial charge in [-0.2, -0.15) is 0 Å². The van der Waals surface area contributed by atoms with Crippen LogP contribution in [0.1, 0.15) is 36.2 Å². The van der Waals surface area contributed by atoms with Crippen LogP contribution in [0.25, 0.3) is 0 Å². The molecule has 1 unspecified atom stereocenters. The Morgan fingerprint density at radius 1 is 1.47 bits per heavy atom. The number of hydrogen-bond acceptors (Lipinski definition) is 4. The third-order valence-electron chi connectivity index (χ3n) is 3.17. The molecule has 1 aliphatic heterocycles. The lowest BCUT2D eigenvalue weighted by molar-refractivity contribution is 0.0598. The van der Waals surface area contributed by atoms with Crippen molar-refractivity contribution in [2.24, 2.45) is 5.73 Å². The zero-order valence-electron chi connectivity index (χ0n) is 9.88. The molecule has 0 spiro atoms. The summed E-state index contributed by atoms with van der Waals surface area (Å²) < 4.78 is 0. The minimum Gasteiger partial charge on any atom is -0.334 e. The highest BCUT2D eigenvalue weighted by Gasteiger charge is 2.27. The van der Waals surface area contributed by atoms with E-state index in [1.54, 1.807) is 12.4 Å². The largest absolute Gasteiger partial charge is 0.334 e. The molecule has 92 valence electrons. The lowest BCUT2D eigenvalue weighted by Gasteiger charge is -2.35. The number of carbonyl (C=O) groups excluding carboxylic acids is 1. The fourth-order valence-electron chi connectivity index (χ4n) is 2.32. The van der Waals surface area contributed by atoms with Crippen molar-refractivity contribution in [2.45, 2.75) is 31.7 Å². The first-order valence-electron chi connectivity index (χ1n) is 6.10. The quantitative estimate of drug-likeness (QED) is 0.840. The second-order valence-electron chi connectivity index (χ2n) is 4.32. The number of piperidine rings is 1. The first-order chi connectivity index (χ1) is 8.33. The van der Waals surface area contributed by atoms with Crippen molar-refractivity contribution < 1.29 is 4.79 Å². The Morgan fingerprint density at radius 3 is 3.06 bits per heavy atom. The molecule has 0 bridgehead atoms. The molecule has 1 fully saturated rings. The van der Waals surface area contributed by atoms with Crippen LogP contribution in [-0.4, -0.2) is 39.9 Å². The molecule has 2 N–H and O–H groups in total. The van der Waals surface area contributed by atoms with Crippen LogP contribution < -0.4 is 5.73 Å². The highest BCUT2D eigenvalue weighted by atomic mass is 16.2. The maximum absolute atomic E-state index is 12.3. The van der Waals surface area contributed by atoms with E-state index in [-0.39, 0.29) is 11.9 Å². The molecule has 0 radical (unpaired) electrons. The molecular weight excluding hydrogens is 216 g/mol.